The van der Waals surface area contributed by atoms with Crippen molar-refractivity contribution in [2.45, 2.75) is 31.7 Å². The minimum Gasteiger partial charge on any atom is -0.348 e. The molecule has 1 aromatic rings. The van der Waals surface area contributed by atoms with Crippen LogP contribution in [0.25, 0.3) is 0 Å². The molecule has 1 rings (SSSR count). The van der Waals surface area contributed by atoms with Gasteiger partial charge in [-0.15, -0.1) is 0 Å². The van der Waals surface area contributed by atoms with Gasteiger partial charge in [0, 0.05) is 16.7 Å². The molecule has 0 aromatic carbocycles. The van der Waals surface area contributed by atoms with Crippen LogP contribution in [0.3, 0.4) is 0 Å². The van der Waals surface area contributed by atoms with Crippen molar-refractivity contribution in [1.82, 2.24) is 15.5 Å². The van der Waals surface area contributed by atoms with Gasteiger partial charge in [-0.3, -0.25) is 9.89 Å². The molecule has 0 saturated carbocycles. The van der Waals surface area contributed by atoms with Gasteiger partial charge in [0.05, 0.1) is 5.69 Å². The fraction of sp³-hybridized carbons (Fsp3) is 0.500. The van der Waals surface area contributed by atoms with Crippen LogP contribution in [0.1, 0.15) is 30.0 Å². The number of carbonyl (C=O) groups excluding carboxylic acids is 1. The second-order valence-electron chi connectivity index (χ2n) is 3.59. The molecule has 0 aliphatic carbocycles. The minimum atomic E-state index is -3.98. The maximum Gasteiger partial charge on any atom is 0.273 e. The van der Waals surface area contributed by atoms with E-state index in [-0.39, 0.29) is 22.3 Å². The summed E-state index contributed by atoms with van der Waals surface area (Å²) in [6.07, 6.45) is 0. The van der Waals surface area contributed by atoms with Gasteiger partial charge in [-0.1, -0.05) is 0 Å². The normalized spacial score (nSPS) is 11.8. The number of rotatable bonds is 3. The van der Waals surface area contributed by atoms with E-state index in [0.717, 1.165) is 0 Å². The summed E-state index contributed by atoms with van der Waals surface area (Å²) in [6.45, 7) is 4.99. The number of nitrogens with one attached hydrogen (secondary N) is 2. The lowest BCUT2D eigenvalue weighted by molar-refractivity contribution is 0.0934. The van der Waals surface area contributed by atoms with Crippen LogP contribution in [0.5, 0.6) is 0 Å². The van der Waals surface area contributed by atoms with Gasteiger partial charge < -0.3 is 5.32 Å². The molecule has 1 aromatic heterocycles. The van der Waals surface area contributed by atoms with E-state index in [2.05, 4.69) is 15.5 Å². The number of nitrogens with zero attached hydrogens (tertiary/aromatic N) is 1. The van der Waals surface area contributed by atoms with E-state index in [9.17, 15) is 13.2 Å². The zero-order chi connectivity index (χ0) is 12.5. The van der Waals surface area contributed by atoms with E-state index >= 15 is 0 Å². The highest BCUT2D eigenvalue weighted by molar-refractivity contribution is 8.13. The number of amides is 1. The van der Waals surface area contributed by atoms with Gasteiger partial charge in [0.1, 0.15) is 4.90 Å². The molecular weight excluding hydrogens is 254 g/mol. The number of aryl methyl sites for hydroxylation is 1. The summed E-state index contributed by atoms with van der Waals surface area (Å²) in [5.74, 6) is -0.571. The Morgan fingerprint density at radius 1 is 1.50 bits per heavy atom. The molecule has 6 nitrogen and oxygen atoms in total. The predicted molar refractivity (Wildman–Crippen MR) is 59.0 cm³/mol. The Bertz CT molecular complexity index is 507. The lowest BCUT2D eigenvalue weighted by Crippen LogP contribution is -2.31. The molecule has 0 unspecified atom stereocenters. The van der Waals surface area contributed by atoms with Crippen LogP contribution in [-0.2, 0) is 9.05 Å². The van der Waals surface area contributed by atoms with E-state index in [4.69, 9.17) is 10.7 Å². The fourth-order valence-corrected chi connectivity index (χ4v) is 2.55. The molecule has 0 radical (unpaired) electrons. The number of H-pyrrole nitrogens is 1. The molecule has 0 bridgehead atoms. The first-order valence-corrected chi connectivity index (χ1v) is 6.85. The fourth-order valence-electron chi connectivity index (χ4n) is 1.20. The monoisotopic (exact) mass is 265 g/mol. The molecule has 0 aliphatic rings. The molecule has 0 fully saturated rings. The topological polar surface area (TPSA) is 91.9 Å². The molecule has 16 heavy (non-hydrogen) atoms. The number of aromatic nitrogens is 2. The highest BCUT2D eigenvalue weighted by atomic mass is 35.7. The molecule has 0 saturated heterocycles. The summed E-state index contributed by atoms with van der Waals surface area (Å²) in [4.78, 5) is 11.3. The summed E-state index contributed by atoms with van der Waals surface area (Å²) in [5, 5.41) is 8.60. The van der Waals surface area contributed by atoms with E-state index in [0.29, 0.717) is 0 Å². The smallest absolute Gasteiger partial charge is 0.273 e. The summed E-state index contributed by atoms with van der Waals surface area (Å²) in [5.41, 5.74) is 0.0325. The summed E-state index contributed by atoms with van der Waals surface area (Å²) >= 11 is 0. The Kier molecular flexibility index (Phi) is 3.59. The predicted octanol–water partition coefficient (Wildman–Crippen LogP) is 0.784. The Morgan fingerprint density at radius 3 is 2.50 bits per heavy atom. The van der Waals surface area contributed by atoms with Gasteiger partial charge in [-0.25, -0.2) is 8.42 Å². The van der Waals surface area contributed by atoms with Gasteiger partial charge in [0.15, 0.2) is 5.69 Å². The molecule has 0 spiro atoms. The number of hydrogen-bond donors (Lipinski definition) is 2. The first-order valence-electron chi connectivity index (χ1n) is 4.54. The van der Waals surface area contributed by atoms with Gasteiger partial charge in [0.25, 0.3) is 15.0 Å². The highest BCUT2D eigenvalue weighted by Gasteiger charge is 2.26. The van der Waals surface area contributed by atoms with Crippen molar-refractivity contribution >= 4 is 25.6 Å². The quantitative estimate of drug-likeness (QED) is 0.790. The average molecular weight is 266 g/mol. The molecule has 1 heterocycles. The van der Waals surface area contributed by atoms with Crippen molar-refractivity contribution in [1.29, 1.82) is 0 Å². The van der Waals surface area contributed by atoms with Gasteiger partial charge >= 0.3 is 0 Å². The van der Waals surface area contributed by atoms with Gasteiger partial charge in [0.2, 0.25) is 0 Å². The number of hydrogen-bond acceptors (Lipinski definition) is 4. The van der Waals surface area contributed by atoms with Crippen molar-refractivity contribution in [3.63, 3.8) is 0 Å². The maximum absolute atomic E-state index is 11.6. The first-order chi connectivity index (χ1) is 7.23. The minimum absolute atomic E-state index is 0.115. The molecule has 1 amide bonds. The van der Waals surface area contributed by atoms with Crippen molar-refractivity contribution < 1.29 is 13.2 Å². The molecular formula is C8H12ClN3O3S. The first kappa shape index (κ1) is 13.0. The summed E-state index contributed by atoms with van der Waals surface area (Å²) in [7, 11) is 1.24. The molecule has 2 N–H and O–H groups in total. The Hall–Kier alpha value is -1.08. The van der Waals surface area contributed by atoms with Crippen LogP contribution >= 0.6 is 10.7 Å². The van der Waals surface area contributed by atoms with Crippen molar-refractivity contribution in [2.75, 3.05) is 0 Å². The average Bonchev–Trinajstić information content (AvgIpc) is 2.44. The number of carbonyl (C=O) groups is 1. The SMILES string of the molecule is Cc1[nH]nc(C(=O)NC(C)C)c1S(=O)(=O)Cl. The third kappa shape index (κ3) is 2.73. The molecule has 90 valence electrons. The second-order valence-corrected chi connectivity index (χ2v) is 6.10. The number of aromatic amines is 1. The van der Waals surface area contributed by atoms with Crippen molar-refractivity contribution in [2.24, 2.45) is 0 Å². The highest BCUT2D eigenvalue weighted by Crippen LogP contribution is 2.21. The van der Waals surface area contributed by atoms with Crippen LogP contribution in [0.15, 0.2) is 4.90 Å². The second kappa shape index (κ2) is 4.42. The molecule has 8 heteroatoms. The number of halogens is 1. The summed E-state index contributed by atoms with van der Waals surface area (Å²) in [6, 6.07) is -0.115. The Labute approximate surface area is 97.8 Å². The molecule has 0 atom stereocenters. The van der Waals surface area contributed by atoms with Crippen LogP contribution in [0.2, 0.25) is 0 Å². The molecule has 0 aliphatic heterocycles. The van der Waals surface area contributed by atoms with Gasteiger partial charge in [-0.05, 0) is 20.8 Å². The summed E-state index contributed by atoms with van der Waals surface area (Å²) < 4.78 is 22.5. The third-order valence-corrected chi connectivity index (χ3v) is 3.22. The zero-order valence-electron chi connectivity index (χ0n) is 9.04. The lowest BCUT2D eigenvalue weighted by Gasteiger charge is -2.06. The van der Waals surface area contributed by atoms with Crippen LogP contribution < -0.4 is 5.32 Å². The van der Waals surface area contributed by atoms with Gasteiger partial charge in [-0.2, -0.15) is 5.10 Å². The van der Waals surface area contributed by atoms with E-state index in [1.54, 1.807) is 13.8 Å². The van der Waals surface area contributed by atoms with Crippen molar-refractivity contribution in [3.05, 3.63) is 11.4 Å². The van der Waals surface area contributed by atoms with E-state index in [1.165, 1.54) is 6.92 Å². The maximum atomic E-state index is 11.6. The van der Waals surface area contributed by atoms with E-state index in [1.807, 2.05) is 0 Å². The standard InChI is InChI=1S/C8H12ClN3O3S/c1-4(2)10-8(13)6-7(16(9,14)15)5(3)11-12-6/h4H,1-3H3,(H,10,13)(H,11,12). The zero-order valence-corrected chi connectivity index (χ0v) is 10.6. The lowest BCUT2D eigenvalue weighted by atomic mass is 10.3. The third-order valence-electron chi connectivity index (χ3n) is 1.77. The van der Waals surface area contributed by atoms with Crippen LogP contribution in [0.4, 0.5) is 0 Å². The van der Waals surface area contributed by atoms with E-state index < -0.39 is 15.0 Å². The largest absolute Gasteiger partial charge is 0.348 e. The van der Waals surface area contributed by atoms with Crippen LogP contribution in [-0.4, -0.2) is 30.6 Å². The van der Waals surface area contributed by atoms with Crippen molar-refractivity contribution in [3.8, 4) is 0 Å². The van der Waals surface area contributed by atoms with Crippen LogP contribution in [0, 0.1) is 6.92 Å². The Balaban J connectivity index is 3.22. The Morgan fingerprint density at radius 2 is 2.06 bits per heavy atom.